The molecule has 0 saturated heterocycles. The molecule has 0 spiro atoms. The largest absolute Gasteiger partial charge is 0.478 e. The molecule has 1 aromatic carbocycles. The van der Waals surface area contributed by atoms with E-state index in [1.165, 1.54) is 23.8 Å². The molecule has 0 aromatic heterocycles. The van der Waals surface area contributed by atoms with Crippen molar-refractivity contribution in [1.82, 2.24) is 15.1 Å². The highest BCUT2D eigenvalue weighted by Gasteiger charge is 2.46. The molecule has 1 unspecified atom stereocenters. The maximum absolute atomic E-state index is 14.3. The Balaban J connectivity index is 3.67. The van der Waals surface area contributed by atoms with E-state index in [4.69, 9.17) is 4.74 Å². The number of rotatable bonds is 12. The van der Waals surface area contributed by atoms with Crippen molar-refractivity contribution >= 4 is 23.9 Å². The predicted octanol–water partition coefficient (Wildman–Crippen LogP) is 5.41. The molecule has 1 aromatic rings. The van der Waals surface area contributed by atoms with E-state index >= 15 is 0 Å². The molecule has 0 fully saturated rings. The number of carboxylic acids is 1. The van der Waals surface area contributed by atoms with Gasteiger partial charge in [0, 0.05) is 30.5 Å². The van der Waals surface area contributed by atoms with Crippen LogP contribution in [0, 0.1) is 11.3 Å². The van der Waals surface area contributed by atoms with Gasteiger partial charge in [0.25, 0.3) is 0 Å². The van der Waals surface area contributed by atoms with Gasteiger partial charge in [-0.25, -0.2) is 9.59 Å². The lowest BCUT2D eigenvalue weighted by Crippen LogP contribution is -2.63. The van der Waals surface area contributed by atoms with E-state index < -0.39 is 58.4 Å². The average molecular weight is 586 g/mol. The molecule has 1 rings (SSSR count). The summed E-state index contributed by atoms with van der Waals surface area (Å²) in [6, 6.07) is 6.68. The number of carboxylic acid groups (broad SMARTS) is 1. The van der Waals surface area contributed by atoms with Crippen LogP contribution in [0.5, 0.6) is 0 Å². The molecule has 42 heavy (non-hydrogen) atoms. The first-order valence-electron chi connectivity index (χ1n) is 14.2. The Labute approximate surface area is 252 Å². The van der Waals surface area contributed by atoms with Gasteiger partial charge in [-0.2, -0.15) is 0 Å². The maximum Gasteiger partial charge on any atom is 0.410 e. The van der Waals surface area contributed by atoms with Gasteiger partial charge >= 0.3 is 12.1 Å². The number of benzene rings is 1. The molecular weight excluding hydrogens is 534 g/mol. The lowest BCUT2D eigenvalue weighted by atomic mass is 9.76. The lowest BCUT2D eigenvalue weighted by Gasteiger charge is -2.42. The maximum atomic E-state index is 14.3. The van der Waals surface area contributed by atoms with Crippen molar-refractivity contribution in [2.45, 2.75) is 98.4 Å². The fourth-order valence-electron chi connectivity index (χ4n) is 4.79. The van der Waals surface area contributed by atoms with Gasteiger partial charge in [0.15, 0.2) is 0 Å². The van der Waals surface area contributed by atoms with Gasteiger partial charge in [0.05, 0.1) is 6.04 Å². The third-order valence-electron chi connectivity index (χ3n) is 7.56. The number of carbonyl (C=O) groups is 4. The molecule has 9 heteroatoms. The van der Waals surface area contributed by atoms with Gasteiger partial charge in [-0.05, 0) is 39.2 Å². The van der Waals surface area contributed by atoms with E-state index in [1.54, 1.807) is 53.8 Å². The van der Waals surface area contributed by atoms with Gasteiger partial charge in [-0.15, -0.1) is 6.58 Å². The van der Waals surface area contributed by atoms with Gasteiger partial charge in [0.2, 0.25) is 11.8 Å². The van der Waals surface area contributed by atoms with E-state index in [0.717, 1.165) is 5.56 Å². The van der Waals surface area contributed by atoms with Crippen molar-refractivity contribution in [2.24, 2.45) is 11.3 Å². The van der Waals surface area contributed by atoms with Crippen LogP contribution in [0.3, 0.4) is 0 Å². The molecule has 0 radical (unpaired) electrons. The minimum absolute atomic E-state index is 0.112. The van der Waals surface area contributed by atoms with Crippen LogP contribution in [0.2, 0.25) is 0 Å². The molecule has 2 N–H and O–H groups in total. The van der Waals surface area contributed by atoms with Crippen LogP contribution < -0.4 is 5.32 Å². The Hall–Kier alpha value is -3.62. The third-order valence-corrected chi connectivity index (χ3v) is 7.56. The molecule has 3 amide bonds. The molecule has 234 valence electrons. The van der Waals surface area contributed by atoms with Crippen LogP contribution >= 0.6 is 0 Å². The van der Waals surface area contributed by atoms with E-state index in [0.29, 0.717) is 0 Å². The Morgan fingerprint density at radius 2 is 1.48 bits per heavy atom. The molecule has 0 aliphatic rings. The number of hydrogen-bond donors (Lipinski definition) is 2. The molecule has 0 saturated carbocycles. The van der Waals surface area contributed by atoms with Crippen molar-refractivity contribution in [3.8, 4) is 0 Å². The Morgan fingerprint density at radius 1 is 0.952 bits per heavy atom. The topological polar surface area (TPSA) is 116 Å². The quantitative estimate of drug-likeness (QED) is 0.250. The summed E-state index contributed by atoms with van der Waals surface area (Å²) in [5, 5.41) is 12.4. The lowest BCUT2D eigenvalue weighted by molar-refractivity contribution is -0.141. The summed E-state index contributed by atoms with van der Waals surface area (Å²) in [6.07, 6.45) is 2.47. The van der Waals surface area contributed by atoms with Crippen molar-refractivity contribution < 1.29 is 29.0 Å². The second-order valence-corrected chi connectivity index (χ2v) is 13.4. The van der Waals surface area contributed by atoms with E-state index in [2.05, 4.69) is 11.9 Å². The van der Waals surface area contributed by atoms with E-state index in [1.807, 2.05) is 58.0 Å². The zero-order chi connectivity index (χ0) is 32.8. The van der Waals surface area contributed by atoms with Gasteiger partial charge in [-0.3, -0.25) is 14.5 Å². The molecule has 9 nitrogen and oxygen atoms in total. The molecular formula is C33H51N3O6. The molecule has 0 aliphatic carbocycles. The van der Waals surface area contributed by atoms with E-state index in [-0.39, 0.29) is 11.5 Å². The second kappa shape index (κ2) is 14.0. The fraction of sp³-hybridized carbons (Fsp3) is 0.576. The van der Waals surface area contributed by atoms with Crippen molar-refractivity contribution in [2.75, 3.05) is 14.1 Å². The monoisotopic (exact) mass is 585 g/mol. The van der Waals surface area contributed by atoms with Crippen LogP contribution in [0.15, 0.2) is 54.6 Å². The second-order valence-electron chi connectivity index (χ2n) is 13.4. The number of carbonyl (C=O) groups excluding carboxylic acids is 3. The van der Waals surface area contributed by atoms with Crippen LogP contribution in [0.1, 0.15) is 74.8 Å². The van der Waals surface area contributed by atoms with Crippen molar-refractivity contribution in [3.63, 3.8) is 0 Å². The molecule has 0 bridgehead atoms. The summed E-state index contributed by atoms with van der Waals surface area (Å²) in [7, 11) is 3.11. The SMILES string of the molecule is C=CC(C)(C)C(NC(=O)[C@@H](N(C)C(=O)OC(C)(C)C)C(C)(C)c1ccccc1)C(=O)N(C)[C@H](/C=C(\C)C(=O)O)C(C)C. The summed E-state index contributed by atoms with van der Waals surface area (Å²) in [5.41, 5.74) is -1.65. The highest BCUT2D eigenvalue weighted by atomic mass is 16.6. The Bertz CT molecular complexity index is 1160. The van der Waals surface area contributed by atoms with Gasteiger partial charge in [-0.1, -0.05) is 84.0 Å². The summed E-state index contributed by atoms with van der Waals surface area (Å²) in [6.45, 7) is 21.7. The molecule has 3 atom stereocenters. The smallest absolute Gasteiger partial charge is 0.410 e. The minimum Gasteiger partial charge on any atom is -0.478 e. The zero-order valence-corrected chi connectivity index (χ0v) is 27.4. The number of likely N-dealkylation sites (N-methyl/N-ethyl adjacent to an activating group) is 2. The molecule has 0 aliphatic heterocycles. The number of nitrogens with zero attached hydrogens (tertiary/aromatic N) is 2. The molecule has 0 heterocycles. The Morgan fingerprint density at radius 3 is 1.90 bits per heavy atom. The number of aliphatic carboxylic acids is 1. The summed E-state index contributed by atoms with van der Waals surface area (Å²) < 4.78 is 5.62. The highest BCUT2D eigenvalue weighted by Crippen LogP contribution is 2.32. The van der Waals surface area contributed by atoms with Crippen LogP contribution in [-0.4, -0.2) is 76.6 Å². The number of nitrogens with one attached hydrogen (secondary N) is 1. The highest BCUT2D eigenvalue weighted by molar-refractivity contribution is 5.93. The summed E-state index contributed by atoms with van der Waals surface area (Å²) in [4.78, 5) is 55.9. The first kappa shape index (κ1) is 36.4. The standard InChI is InChI=1S/C33H51N3O6/c1-14-32(8,9)25(28(38)35(12)24(21(2)3)20-22(4)29(39)40)34-27(37)26(36(13)30(41)42-31(5,6)7)33(10,11)23-18-16-15-17-19-23/h14-21,24-26H,1H2,2-13H3,(H,34,37)(H,39,40)/b22-20+/t24-,25?,26-/m1/s1. The van der Waals surface area contributed by atoms with Gasteiger partial charge < -0.3 is 20.1 Å². The first-order chi connectivity index (χ1) is 19.1. The summed E-state index contributed by atoms with van der Waals surface area (Å²) in [5.74, 6) is -2.15. The van der Waals surface area contributed by atoms with Crippen molar-refractivity contribution in [3.05, 3.63) is 60.2 Å². The normalized spacial score (nSPS) is 14.8. The third kappa shape index (κ3) is 9.19. The predicted molar refractivity (Wildman–Crippen MR) is 166 cm³/mol. The van der Waals surface area contributed by atoms with Gasteiger partial charge in [0.1, 0.15) is 17.7 Å². The average Bonchev–Trinajstić information content (AvgIpc) is 2.88. The Kier molecular flexibility index (Phi) is 12.2. The van der Waals surface area contributed by atoms with E-state index in [9.17, 15) is 24.3 Å². The number of ether oxygens (including phenoxy) is 1. The van der Waals surface area contributed by atoms with Crippen molar-refractivity contribution in [1.29, 1.82) is 0 Å². The fourth-order valence-corrected chi connectivity index (χ4v) is 4.79. The number of hydrogen-bond acceptors (Lipinski definition) is 5. The van der Waals surface area contributed by atoms with Crippen LogP contribution in [-0.2, 0) is 24.5 Å². The zero-order valence-electron chi connectivity index (χ0n) is 27.4. The minimum atomic E-state index is -1.08. The summed E-state index contributed by atoms with van der Waals surface area (Å²) >= 11 is 0. The van der Waals surface area contributed by atoms with Crippen LogP contribution in [0.4, 0.5) is 4.79 Å². The first-order valence-corrected chi connectivity index (χ1v) is 14.2. The number of amides is 3. The van der Waals surface area contributed by atoms with Crippen LogP contribution in [0.25, 0.3) is 0 Å².